The normalized spacial score (nSPS) is 10.5. The first-order valence-electron chi connectivity index (χ1n) is 5.06. The summed E-state index contributed by atoms with van der Waals surface area (Å²) in [5, 5.41) is 0. The molecule has 0 aliphatic rings. The molecule has 0 spiro atoms. The Labute approximate surface area is 88.4 Å². The zero-order valence-corrected chi connectivity index (χ0v) is 8.73. The summed E-state index contributed by atoms with van der Waals surface area (Å²) in [4.78, 5) is 13.9. The second-order valence-corrected chi connectivity index (χ2v) is 3.64. The Morgan fingerprint density at radius 2 is 2.13 bits per heavy atom. The Bertz CT molecular complexity index is 496. The van der Waals surface area contributed by atoms with Crippen molar-refractivity contribution in [1.82, 2.24) is 9.55 Å². The highest BCUT2D eigenvalue weighted by atomic mass is 16.1. The van der Waals surface area contributed by atoms with Crippen molar-refractivity contribution in [3.05, 3.63) is 58.3 Å². The highest BCUT2D eigenvalue weighted by Crippen LogP contribution is 2.07. The third kappa shape index (κ3) is 2.18. The molecule has 0 aliphatic heterocycles. The highest BCUT2D eigenvalue weighted by Gasteiger charge is 1.99. The second kappa shape index (κ2) is 4.17. The Hall–Kier alpha value is -1.77. The minimum absolute atomic E-state index is 0.0383. The smallest absolute Gasteiger partial charge is 0.313 e. The van der Waals surface area contributed by atoms with E-state index in [-0.39, 0.29) is 5.69 Å². The molecule has 0 aliphatic carbocycles. The quantitative estimate of drug-likeness (QED) is 0.808. The Morgan fingerprint density at radius 1 is 1.33 bits per heavy atom. The van der Waals surface area contributed by atoms with Crippen molar-refractivity contribution >= 4 is 0 Å². The van der Waals surface area contributed by atoms with Crippen LogP contribution < -0.4 is 5.69 Å². The minimum Gasteiger partial charge on any atom is -0.313 e. The van der Waals surface area contributed by atoms with E-state index >= 15 is 0 Å². The molecule has 0 unspecified atom stereocenters. The van der Waals surface area contributed by atoms with Crippen molar-refractivity contribution < 1.29 is 0 Å². The predicted molar refractivity (Wildman–Crippen MR) is 59.9 cm³/mol. The molecule has 3 heteroatoms. The molecule has 0 saturated heterocycles. The number of hydrogen-bond acceptors (Lipinski definition) is 1. The summed E-state index contributed by atoms with van der Waals surface area (Å²) in [6.07, 6.45) is 4.34. The molecule has 0 amide bonds. The van der Waals surface area contributed by atoms with E-state index in [1.807, 2.05) is 12.1 Å². The van der Waals surface area contributed by atoms with Crippen molar-refractivity contribution in [1.29, 1.82) is 0 Å². The van der Waals surface area contributed by atoms with E-state index in [4.69, 9.17) is 0 Å². The number of aromatic amines is 1. The number of nitrogens with zero attached hydrogens (tertiary/aromatic N) is 1. The monoisotopic (exact) mass is 202 g/mol. The van der Waals surface area contributed by atoms with Gasteiger partial charge in [-0.2, -0.15) is 0 Å². The fourth-order valence-corrected chi connectivity index (χ4v) is 1.66. The summed E-state index contributed by atoms with van der Waals surface area (Å²) < 4.78 is 1.69. The van der Waals surface area contributed by atoms with Crippen LogP contribution in [-0.4, -0.2) is 9.55 Å². The van der Waals surface area contributed by atoms with E-state index in [0.717, 1.165) is 13.0 Å². The van der Waals surface area contributed by atoms with Crippen molar-refractivity contribution in [3.8, 4) is 0 Å². The number of aromatic nitrogens is 2. The highest BCUT2D eigenvalue weighted by molar-refractivity contribution is 5.25. The largest absolute Gasteiger partial charge is 0.325 e. The maximum Gasteiger partial charge on any atom is 0.325 e. The van der Waals surface area contributed by atoms with Gasteiger partial charge >= 0.3 is 5.69 Å². The number of rotatable bonds is 3. The van der Waals surface area contributed by atoms with Crippen LogP contribution in [0.4, 0.5) is 0 Å². The molecule has 0 saturated carbocycles. The lowest BCUT2D eigenvalue weighted by Crippen LogP contribution is -2.17. The van der Waals surface area contributed by atoms with Crippen molar-refractivity contribution in [2.75, 3.05) is 0 Å². The van der Waals surface area contributed by atoms with Gasteiger partial charge in [0.2, 0.25) is 0 Å². The van der Waals surface area contributed by atoms with Crippen LogP contribution in [-0.2, 0) is 13.0 Å². The summed E-state index contributed by atoms with van der Waals surface area (Å²) in [5.41, 5.74) is 2.54. The van der Waals surface area contributed by atoms with Crippen molar-refractivity contribution in [2.45, 2.75) is 19.9 Å². The SMILES string of the molecule is Cc1ccccc1CCn1cc[nH]c1=O. The lowest BCUT2D eigenvalue weighted by Gasteiger charge is -2.05. The molecule has 0 radical (unpaired) electrons. The van der Waals surface area contributed by atoms with E-state index in [9.17, 15) is 4.79 Å². The van der Waals surface area contributed by atoms with E-state index in [1.165, 1.54) is 11.1 Å². The standard InChI is InChI=1S/C12H14N2O/c1-10-4-2-3-5-11(10)6-8-14-9-7-13-12(14)15/h2-5,7,9H,6,8H2,1H3,(H,13,15). The van der Waals surface area contributed by atoms with E-state index in [0.29, 0.717) is 0 Å². The van der Waals surface area contributed by atoms with Gasteiger partial charge in [0.05, 0.1) is 0 Å². The third-order valence-electron chi connectivity index (χ3n) is 2.61. The first-order chi connectivity index (χ1) is 7.27. The Morgan fingerprint density at radius 3 is 2.80 bits per heavy atom. The van der Waals surface area contributed by atoms with Crippen LogP contribution in [0.1, 0.15) is 11.1 Å². The van der Waals surface area contributed by atoms with Crippen LogP contribution in [0.25, 0.3) is 0 Å². The molecular formula is C12H14N2O. The fraction of sp³-hybridized carbons (Fsp3) is 0.250. The summed E-state index contributed by atoms with van der Waals surface area (Å²) in [6.45, 7) is 2.82. The molecule has 1 N–H and O–H groups in total. The first-order valence-corrected chi connectivity index (χ1v) is 5.06. The van der Waals surface area contributed by atoms with Gasteiger partial charge in [-0.1, -0.05) is 24.3 Å². The molecule has 0 fully saturated rings. The molecule has 1 aromatic heterocycles. The molecule has 78 valence electrons. The molecule has 0 atom stereocenters. The Kier molecular flexibility index (Phi) is 2.72. The van der Waals surface area contributed by atoms with Gasteiger partial charge in [-0.15, -0.1) is 0 Å². The zero-order valence-electron chi connectivity index (χ0n) is 8.73. The van der Waals surface area contributed by atoms with Crippen molar-refractivity contribution in [2.24, 2.45) is 0 Å². The molecule has 0 bridgehead atoms. The van der Waals surface area contributed by atoms with E-state index in [2.05, 4.69) is 24.0 Å². The number of benzene rings is 1. The van der Waals surface area contributed by atoms with Gasteiger partial charge in [0, 0.05) is 18.9 Å². The molecule has 1 heterocycles. The average molecular weight is 202 g/mol. The van der Waals surface area contributed by atoms with E-state index in [1.54, 1.807) is 17.0 Å². The molecule has 3 nitrogen and oxygen atoms in total. The topological polar surface area (TPSA) is 37.8 Å². The Balaban J connectivity index is 2.09. The lowest BCUT2D eigenvalue weighted by molar-refractivity contribution is 0.670. The third-order valence-corrected chi connectivity index (χ3v) is 2.61. The minimum atomic E-state index is -0.0383. The maximum absolute atomic E-state index is 11.2. The van der Waals surface area contributed by atoms with Gasteiger partial charge < -0.3 is 4.98 Å². The number of nitrogens with one attached hydrogen (secondary N) is 1. The summed E-state index contributed by atoms with van der Waals surface area (Å²) >= 11 is 0. The van der Waals surface area contributed by atoms with Gasteiger partial charge in [0.1, 0.15) is 0 Å². The number of H-pyrrole nitrogens is 1. The van der Waals surface area contributed by atoms with Crippen LogP contribution in [0.5, 0.6) is 0 Å². The van der Waals surface area contributed by atoms with Crippen LogP contribution in [0.3, 0.4) is 0 Å². The van der Waals surface area contributed by atoms with E-state index < -0.39 is 0 Å². The van der Waals surface area contributed by atoms with Gasteiger partial charge in [0.25, 0.3) is 0 Å². The molecule has 2 aromatic rings. The summed E-state index contributed by atoms with van der Waals surface area (Å²) in [6, 6.07) is 8.26. The zero-order chi connectivity index (χ0) is 10.7. The van der Waals surface area contributed by atoms with Gasteiger partial charge in [-0.05, 0) is 24.5 Å². The fourth-order valence-electron chi connectivity index (χ4n) is 1.66. The van der Waals surface area contributed by atoms with Crippen LogP contribution in [0, 0.1) is 6.92 Å². The predicted octanol–water partition coefficient (Wildman–Crippen LogP) is 1.73. The molecule has 15 heavy (non-hydrogen) atoms. The molecular weight excluding hydrogens is 188 g/mol. The summed E-state index contributed by atoms with van der Waals surface area (Å²) in [5.74, 6) is 0. The molecule has 1 aromatic carbocycles. The van der Waals surface area contributed by atoms with Crippen molar-refractivity contribution in [3.63, 3.8) is 0 Å². The number of aryl methyl sites for hydroxylation is 3. The lowest BCUT2D eigenvalue weighted by atomic mass is 10.1. The van der Waals surface area contributed by atoms with Crippen LogP contribution in [0.15, 0.2) is 41.5 Å². The number of imidazole rings is 1. The molecule has 2 rings (SSSR count). The van der Waals surface area contributed by atoms with Gasteiger partial charge in [-0.3, -0.25) is 4.57 Å². The maximum atomic E-state index is 11.2. The van der Waals surface area contributed by atoms with Gasteiger partial charge in [0.15, 0.2) is 0 Å². The average Bonchev–Trinajstić information content (AvgIpc) is 2.63. The van der Waals surface area contributed by atoms with Crippen LogP contribution in [0.2, 0.25) is 0 Å². The first kappa shape index (κ1) is 9.77. The second-order valence-electron chi connectivity index (χ2n) is 3.64. The van der Waals surface area contributed by atoms with Gasteiger partial charge in [-0.25, -0.2) is 4.79 Å². The van der Waals surface area contributed by atoms with Crippen LogP contribution >= 0.6 is 0 Å². The number of hydrogen-bond donors (Lipinski definition) is 1. The summed E-state index contributed by atoms with van der Waals surface area (Å²) in [7, 11) is 0.